The Hall–Kier alpha value is -4.29. The van der Waals surface area contributed by atoms with E-state index in [4.69, 9.17) is 24.4 Å². The highest BCUT2D eigenvalue weighted by atomic mass is 16.5. The highest BCUT2D eigenvalue weighted by Gasteiger charge is 2.27. The molecular formula is C32H40N8O4. The lowest BCUT2D eigenvalue weighted by molar-refractivity contribution is 0.0724. The molecule has 2 N–H and O–H groups in total. The second-order valence-corrected chi connectivity index (χ2v) is 11.6. The topological polar surface area (TPSA) is 125 Å². The first-order chi connectivity index (χ1) is 21.4. The molecule has 6 rings (SSSR count). The van der Waals surface area contributed by atoms with Crippen molar-refractivity contribution >= 4 is 35.2 Å². The molecule has 0 saturated carbocycles. The van der Waals surface area contributed by atoms with E-state index in [1.54, 1.807) is 24.3 Å². The number of nitrogens with zero attached hydrogens (tertiary/aromatic N) is 6. The number of urea groups is 1. The Morgan fingerprint density at radius 1 is 0.705 bits per heavy atom. The molecule has 3 aromatic rings. The average Bonchev–Trinajstić information content (AvgIpc) is 3.06. The van der Waals surface area contributed by atoms with Crippen molar-refractivity contribution in [2.75, 3.05) is 73.0 Å². The molecule has 12 heteroatoms. The van der Waals surface area contributed by atoms with Gasteiger partial charge in [-0.3, -0.25) is 4.79 Å². The molecule has 0 unspecified atom stereocenters. The molecule has 0 spiro atoms. The average molecular weight is 601 g/mol. The molecule has 44 heavy (non-hydrogen) atoms. The zero-order valence-corrected chi connectivity index (χ0v) is 25.4. The van der Waals surface area contributed by atoms with Gasteiger partial charge in [-0.25, -0.2) is 4.79 Å². The van der Waals surface area contributed by atoms with E-state index in [0.717, 1.165) is 31.5 Å². The number of piperidine rings is 1. The summed E-state index contributed by atoms with van der Waals surface area (Å²) >= 11 is 0. The van der Waals surface area contributed by atoms with Crippen molar-refractivity contribution in [2.24, 2.45) is 0 Å². The van der Waals surface area contributed by atoms with E-state index in [1.165, 1.54) is 6.42 Å². The second kappa shape index (κ2) is 13.6. The Bertz CT molecular complexity index is 1410. The lowest BCUT2D eigenvalue weighted by atomic mass is 10.1. The molecule has 232 valence electrons. The van der Waals surface area contributed by atoms with Crippen LogP contribution in [0.15, 0.2) is 48.5 Å². The van der Waals surface area contributed by atoms with Crippen LogP contribution in [0.25, 0.3) is 11.4 Å². The number of hydrogen-bond donors (Lipinski definition) is 2. The molecule has 4 heterocycles. The molecule has 3 amide bonds. The smallest absolute Gasteiger partial charge is 0.323 e. The van der Waals surface area contributed by atoms with Gasteiger partial charge in [-0.2, -0.15) is 15.0 Å². The molecule has 1 aromatic heterocycles. The summed E-state index contributed by atoms with van der Waals surface area (Å²) in [5, 5.41) is 5.71. The second-order valence-electron chi connectivity index (χ2n) is 11.6. The van der Waals surface area contributed by atoms with Crippen LogP contribution in [0.1, 0.15) is 43.5 Å². The number of carbonyl (C=O) groups is 2. The number of carbonyl (C=O) groups excluding carboxylic acids is 2. The maximum absolute atomic E-state index is 12.7. The monoisotopic (exact) mass is 600 g/mol. The molecule has 3 aliphatic heterocycles. The summed E-state index contributed by atoms with van der Waals surface area (Å²) in [4.78, 5) is 46.3. The zero-order valence-electron chi connectivity index (χ0n) is 25.4. The lowest BCUT2D eigenvalue weighted by Gasteiger charge is -2.36. The lowest BCUT2D eigenvalue weighted by Crippen LogP contribution is -2.46. The Morgan fingerprint density at radius 2 is 1.23 bits per heavy atom. The third-order valence-electron chi connectivity index (χ3n) is 8.29. The summed E-state index contributed by atoms with van der Waals surface area (Å²) in [5.41, 5.74) is 2.68. The van der Waals surface area contributed by atoms with Crippen LogP contribution >= 0.6 is 0 Å². The quantitative estimate of drug-likeness (QED) is 0.427. The molecule has 0 aliphatic carbocycles. The Morgan fingerprint density at radius 3 is 1.75 bits per heavy atom. The number of aromatic nitrogens is 3. The summed E-state index contributed by atoms with van der Waals surface area (Å²) in [6, 6.07) is 14.4. The number of anilines is 4. The maximum atomic E-state index is 12.7. The maximum Gasteiger partial charge on any atom is 0.323 e. The number of likely N-dealkylation sites (tertiary alicyclic amines) is 1. The normalized spacial score (nSPS) is 20.7. The van der Waals surface area contributed by atoms with Crippen molar-refractivity contribution in [1.29, 1.82) is 0 Å². The molecule has 12 nitrogen and oxygen atoms in total. The van der Waals surface area contributed by atoms with Crippen LogP contribution in [-0.4, -0.2) is 96.5 Å². The standard InChI is InChI=1S/C32H40N8O4/c1-22-20-43-18-16-39(22)30-35-28(36-31(37-30)40-17-19-44-21-23(40)2)24-6-10-26(11-7-24)33-32(42)34-27-12-8-25(9-13-27)29(41)38-14-4-3-5-15-38/h6-13,22-23H,3-5,14-21H2,1-2H3,(H2,33,34,42)/t22-,23-/m0/s1. The number of benzene rings is 2. The fraction of sp³-hybridized carbons (Fsp3) is 0.469. The van der Waals surface area contributed by atoms with Gasteiger partial charge in [-0.15, -0.1) is 0 Å². The van der Waals surface area contributed by atoms with Crippen LogP contribution in [0.3, 0.4) is 0 Å². The summed E-state index contributed by atoms with van der Waals surface area (Å²) in [6.07, 6.45) is 3.27. The van der Waals surface area contributed by atoms with Gasteiger partial charge in [0.05, 0.1) is 38.5 Å². The minimum absolute atomic E-state index is 0.0390. The SMILES string of the molecule is C[C@H]1COCCN1c1nc(-c2ccc(NC(=O)Nc3ccc(C(=O)N4CCCCC4)cc3)cc2)nc(N2CCOC[C@@H]2C)n1. The predicted molar refractivity (Wildman–Crippen MR) is 169 cm³/mol. The van der Waals surface area contributed by atoms with Crippen LogP contribution in [0.4, 0.5) is 28.1 Å². The first kappa shape index (κ1) is 29.8. The molecule has 2 aromatic carbocycles. The van der Waals surface area contributed by atoms with Gasteiger partial charge in [-0.1, -0.05) is 0 Å². The first-order valence-electron chi connectivity index (χ1n) is 15.5. The van der Waals surface area contributed by atoms with E-state index < -0.39 is 0 Å². The van der Waals surface area contributed by atoms with E-state index in [1.807, 2.05) is 29.2 Å². The zero-order chi connectivity index (χ0) is 30.5. The summed E-state index contributed by atoms with van der Waals surface area (Å²) in [6.45, 7) is 9.71. The largest absolute Gasteiger partial charge is 0.377 e. The van der Waals surface area contributed by atoms with Gasteiger partial charge in [0.1, 0.15) is 0 Å². The fourth-order valence-electron chi connectivity index (χ4n) is 5.76. The summed E-state index contributed by atoms with van der Waals surface area (Å²) in [5.74, 6) is 1.86. The third kappa shape index (κ3) is 6.92. The molecule has 0 bridgehead atoms. The van der Waals surface area contributed by atoms with E-state index in [2.05, 4.69) is 34.3 Å². The van der Waals surface area contributed by atoms with Crippen molar-refractivity contribution in [1.82, 2.24) is 19.9 Å². The Labute approximate surface area is 257 Å². The third-order valence-corrected chi connectivity index (χ3v) is 8.29. The van der Waals surface area contributed by atoms with Crippen LogP contribution in [0.5, 0.6) is 0 Å². The van der Waals surface area contributed by atoms with Crippen LogP contribution in [0, 0.1) is 0 Å². The van der Waals surface area contributed by atoms with E-state index in [9.17, 15) is 9.59 Å². The number of nitrogens with one attached hydrogen (secondary N) is 2. The summed E-state index contributed by atoms with van der Waals surface area (Å²) in [7, 11) is 0. The molecule has 2 atom stereocenters. The highest BCUT2D eigenvalue weighted by Crippen LogP contribution is 2.26. The predicted octanol–water partition coefficient (Wildman–Crippen LogP) is 4.26. The molecule has 3 saturated heterocycles. The number of hydrogen-bond acceptors (Lipinski definition) is 9. The van der Waals surface area contributed by atoms with E-state index in [0.29, 0.717) is 74.2 Å². The first-order valence-corrected chi connectivity index (χ1v) is 15.5. The van der Waals surface area contributed by atoms with E-state index >= 15 is 0 Å². The number of amides is 3. The van der Waals surface area contributed by atoms with Crippen molar-refractivity contribution in [2.45, 2.75) is 45.2 Å². The van der Waals surface area contributed by atoms with Gasteiger partial charge in [0.25, 0.3) is 5.91 Å². The van der Waals surface area contributed by atoms with Gasteiger partial charge in [0.15, 0.2) is 5.82 Å². The fourth-order valence-corrected chi connectivity index (χ4v) is 5.76. The molecule has 3 fully saturated rings. The molecule has 3 aliphatic rings. The van der Waals surface area contributed by atoms with Crippen molar-refractivity contribution in [3.63, 3.8) is 0 Å². The number of rotatable bonds is 6. The van der Waals surface area contributed by atoms with Gasteiger partial charge >= 0.3 is 6.03 Å². The van der Waals surface area contributed by atoms with Crippen LogP contribution < -0.4 is 20.4 Å². The van der Waals surface area contributed by atoms with Gasteiger partial charge in [0.2, 0.25) is 11.9 Å². The van der Waals surface area contributed by atoms with Crippen LogP contribution in [0.2, 0.25) is 0 Å². The highest BCUT2D eigenvalue weighted by molar-refractivity contribution is 6.00. The van der Waals surface area contributed by atoms with Gasteiger partial charge < -0.3 is 34.8 Å². The van der Waals surface area contributed by atoms with Crippen molar-refractivity contribution < 1.29 is 19.1 Å². The van der Waals surface area contributed by atoms with Crippen molar-refractivity contribution in [3.05, 3.63) is 54.1 Å². The van der Waals surface area contributed by atoms with Crippen molar-refractivity contribution in [3.8, 4) is 11.4 Å². The minimum Gasteiger partial charge on any atom is -0.377 e. The minimum atomic E-state index is -0.375. The molecular weight excluding hydrogens is 560 g/mol. The Balaban J connectivity index is 1.14. The van der Waals surface area contributed by atoms with Gasteiger partial charge in [-0.05, 0) is 81.6 Å². The molecule has 0 radical (unpaired) electrons. The number of morpholine rings is 2. The van der Waals surface area contributed by atoms with Crippen LogP contribution in [-0.2, 0) is 9.47 Å². The Kier molecular flexibility index (Phi) is 9.17. The number of ether oxygens (including phenoxy) is 2. The summed E-state index contributed by atoms with van der Waals surface area (Å²) < 4.78 is 11.3. The van der Waals surface area contributed by atoms with Gasteiger partial charge in [0, 0.05) is 48.7 Å². The van der Waals surface area contributed by atoms with E-state index in [-0.39, 0.29) is 24.0 Å².